The maximum atomic E-state index is 12.6. The number of amides is 1. The molecule has 1 aliphatic rings. The molecule has 0 aromatic carbocycles. The number of aromatic nitrogens is 1. The minimum Gasteiger partial charge on any atom is -0.336 e. The van der Waals surface area contributed by atoms with Gasteiger partial charge in [-0.3, -0.25) is 4.79 Å². The minimum absolute atomic E-state index is 0.0819. The highest BCUT2D eigenvalue weighted by Crippen LogP contribution is 2.22. The van der Waals surface area contributed by atoms with Crippen molar-refractivity contribution >= 4 is 17.5 Å². The lowest BCUT2D eigenvalue weighted by Crippen LogP contribution is -2.42. The second-order valence-corrected chi connectivity index (χ2v) is 5.99. The van der Waals surface area contributed by atoms with Crippen LogP contribution in [0.3, 0.4) is 0 Å². The molecule has 1 aliphatic heterocycles. The number of piperidine rings is 1. The average molecular weight is 281 g/mol. The van der Waals surface area contributed by atoms with Gasteiger partial charge in [0, 0.05) is 23.8 Å². The number of hydrogen-bond acceptors (Lipinski definition) is 2. The largest absolute Gasteiger partial charge is 0.336 e. The van der Waals surface area contributed by atoms with E-state index in [1.54, 1.807) is 6.07 Å². The van der Waals surface area contributed by atoms with Gasteiger partial charge in [0.05, 0.1) is 0 Å². The van der Waals surface area contributed by atoms with E-state index in [1.165, 1.54) is 6.42 Å². The third kappa shape index (κ3) is 3.27. The van der Waals surface area contributed by atoms with Crippen LogP contribution in [0, 0.1) is 0 Å². The van der Waals surface area contributed by atoms with Gasteiger partial charge in [-0.2, -0.15) is 0 Å². The number of pyridine rings is 1. The normalized spacial score (nSPS) is 19.8. The Morgan fingerprint density at radius 3 is 2.79 bits per heavy atom. The molecule has 0 aliphatic carbocycles. The Balaban J connectivity index is 2.27. The summed E-state index contributed by atoms with van der Waals surface area (Å²) in [5, 5.41) is 0.402. The molecule has 4 heteroatoms. The molecule has 19 heavy (non-hydrogen) atoms. The summed E-state index contributed by atoms with van der Waals surface area (Å²) in [5.74, 6) is 0.349. The van der Waals surface area contributed by atoms with E-state index in [4.69, 9.17) is 11.6 Å². The van der Waals surface area contributed by atoms with Crippen molar-refractivity contribution in [2.75, 3.05) is 6.54 Å². The van der Waals surface area contributed by atoms with Crippen LogP contribution >= 0.6 is 11.6 Å². The van der Waals surface area contributed by atoms with E-state index < -0.39 is 0 Å². The van der Waals surface area contributed by atoms with Crippen LogP contribution < -0.4 is 0 Å². The molecule has 0 saturated carbocycles. The van der Waals surface area contributed by atoms with Gasteiger partial charge < -0.3 is 4.90 Å². The van der Waals surface area contributed by atoms with Crippen molar-refractivity contribution < 1.29 is 4.79 Å². The molecule has 0 N–H and O–H groups in total. The highest BCUT2D eigenvalue weighted by Gasteiger charge is 2.25. The quantitative estimate of drug-likeness (QED) is 0.771. The van der Waals surface area contributed by atoms with Crippen LogP contribution in [-0.2, 0) is 0 Å². The number of rotatable bonds is 2. The van der Waals surface area contributed by atoms with Gasteiger partial charge in [-0.15, -0.1) is 0 Å². The van der Waals surface area contributed by atoms with Crippen molar-refractivity contribution in [3.8, 4) is 0 Å². The molecular formula is C15H21ClN2O. The first kappa shape index (κ1) is 14.3. The second kappa shape index (κ2) is 5.91. The Hall–Kier alpha value is -1.09. The third-order valence-electron chi connectivity index (χ3n) is 3.72. The molecular weight excluding hydrogens is 260 g/mol. The van der Waals surface area contributed by atoms with Crippen LogP contribution in [0.1, 0.15) is 62.0 Å². The predicted molar refractivity (Wildman–Crippen MR) is 77.7 cm³/mol. The van der Waals surface area contributed by atoms with Crippen molar-refractivity contribution in [1.82, 2.24) is 9.88 Å². The average Bonchev–Trinajstić information content (AvgIpc) is 2.37. The summed E-state index contributed by atoms with van der Waals surface area (Å²) in [4.78, 5) is 18.8. The zero-order valence-electron chi connectivity index (χ0n) is 11.8. The lowest BCUT2D eigenvalue weighted by molar-refractivity contribution is 0.0635. The van der Waals surface area contributed by atoms with E-state index in [2.05, 4.69) is 25.8 Å². The Labute approximate surface area is 120 Å². The van der Waals surface area contributed by atoms with Gasteiger partial charge >= 0.3 is 0 Å². The van der Waals surface area contributed by atoms with Gasteiger partial charge in [0.25, 0.3) is 5.91 Å². The van der Waals surface area contributed by atoms with Gasteiger partial charge in [0.2, 0.25) is 0 Å². The van der Waals surface area contributed by atoms with Crippen LogP contribution in [0.25, 0.3) is 0 Å². The van der Waals surface area contributed by atoms with E-state index >= 15 is 0 Å². The maximum absolute atomic E-state index is 12.6. The lowest BCUT2D eigenvalue weighted by Gasteiger charge is -2.33. The maximum Gasteiger partial charge on any atom is 0.254 e. The molecule has 0 spiro atoms. The Kier molecular flexibility index (Phi) is 4.46. The molecule has 104 valence electrons. The topological polar surface area (TPSA) is 33.2 Å². The number of carbonyl (C=O) groups excluding carboxylic acids is 1. The van der Waals surface area contributed by atoms with Crippen molar-refractivity contribution in [3.05, 3.63) is 28.5 Å². The van der Waals surface area contributed by atoms with Gasteiger partial charge in [-0.25, -0.2) is 4.98 Å². The standard InChI is InChI=1S/C15H21ClN2O/c1-10(2)13-8-12(9-14(16)17-13)15(19)18-7-5-4-6-11(18)3/h8-11H,4-7H2,1-3H3. The second-order valence-electron chi connectivity index (χ2n) is 5.60. The van der Waals surface area contributed by atoms with Crippen LogP contribution in [0.2, 0.25) is 5.15 Å². The monoisotopic (exact) mass is 280 g/mol. The smallest absolute Gasteiger partial charge is 0.254 e. The fourth-order valence-electron chi connectivity index (χ4n) is 2.50. The fourth-order valence-corrected chi connectivity index (χ4v) is 2.72. The van der Waals surface area contributed by atoms with Crippen molar-refractivity contribution in [3.63, 3.8) is 0 Å². The molecule has 1 aromatic rings. The molecule has 1 fully saturated rings. The molecule has 1 unspecified atom stereocenters. The van der Waals surface area contributed by atoms with Gasteiger partial charge in [-0.1, -0.05) is 25.4 Å². The van der Waals surface area contributed by atoms with E-state index in [-0.39, 0.29) is 11.8 Å². The highest BCUT2D eigenvalue weighted by atomic mass is 35.5. The first-order valence-corrected chi connectivity index (χ1v) is 7.35. The summed E-state index contributed by atoms with van der Waals surface area (Å²) in [5.41, 5.74) is 1.54. The first-order chi connectivity index (χ1) is 8.99. The van der Waals surface area contributed by atoms with Crippen LogP contribution in [0.15, 0.2) is 12.1 Å². The molecule has 3 nitrogen and oxygen atoms in total. The number of likely N-dealkylation sites (tertiary alicyclic amines) is 1. The highest BCUT2D eigenvalue weighted by molar-refractivity contribution is 6.29. The number of carbonyl (C=O) groups is 1. The Bertz CT molecular complexity index is 473. The number of hydrogen-bond donors (Lipinski definition) is 0. The van der Waals surface area contributed by atoms with E-state index in [1.807, 2.05) is 11.0 Å². The van der Waals surface area contributed by atoms with Gasteiger partial charge in [-0.05, 0) is 44.2 Å². The Morgan fingerprint density at radius 2 is 2.16 bits per heavy atom. The molecule has 2 heterocycles. The van der Waals surface area contributed by atoms with Crippen LogP contribution in [0.4, 0.5) is 0 Å². The Morgan fingerprint density at radius 1 is 1.42 bits per heavy atom. The SMILES string of the molecule is CC(C)c1cc(C(=O)N2CCCCC2C)cc(Cl)n1. The predicted octanol–water partition coefficient (Wildman–Crippen LogP) is 3.87. The molecule has 1 atom stereocenters. The summed E-state index contributed by atoms with van der Waals surface area (Å²) >= 11 is 6.03. The molecule has 0 radical (unpaired) electrons. The van der Waals surface area contributed by atoms with E-state index in [0.29, 0.717) is 16.8 Å². The third-order valence-corrected chi connectivity index (χ3v) is 3.91. The van der Waals surface area contributed by atoms with Crippen molar-refractivity contribution in [1.29, 1.82) is 0 Å². The summed E-state index contributed by atoms with van der Waals surface area (Å²) in [6.07, 6.45) is 3.38. The first-order valence-electron chi connectivity index (χ1n) is 6.97. The zero-order chi connectivity index (χ0) is 14.0. The summed E-state index contributed by atoms with van der Waals surface area (Å²) < 4.78 is 0. The summed E-state index contributed by atoms with van der Waals surface area (Å²) in [6.45, 7) is 7.06. The van der Waals surface area contributed by atoms with Gasteiger partial charge in [0.1, 0.15) is 5.15 Å². The van der Waals surface area contributed by atoms with E-state index in [9.17, 15) is 4.79 Å². The van der Waals surface area contributed by atoms with Crippen molar-refractivity contribution in [2.45, 2.75) is 52.0 Å². The zero-order valence-corrected chi connectivity index (χ0v) is 12.6. The van der Waals surface area contributed by atoms with Crippen LogP contribution in [0.5, 0.6) is 0 Å². The molecule has 1 aromatic heterocycles. The molecule has 2 rings (SSSR count). The number of halogens is 1. The molecule has 1 amide bonds. The van der Waals surface area contributed by atoms with Crippen LogP contribution in [-0.4, -0.2) is 28.4 Å². The summed E-state index contributed by atoms with van der Waals surface area (Å²) in [6, 6.07) is 3.87. The van der Waals surface area contributed by atoms with E-state index in [0.717, 1.165) is 25.1 Å². The lowest BCUT2D eigenvalue weighted by atomic mass is 10.0. The number of nitrogens with zero attached hydrogens (tertiary/aromatic N) is 2. The van der Waals surface area contributed by atoms with Crippen molar-refractivity contribution in [2.24, 2.45) is 0 Å². The molecule has 1 saturated heterocycles. The summed E-state index contributed by atoms with van der Waals surface area (Å²) in [7, 11) is 0. The van der Waals surface area contributed by atoms with Gasteiger partial charge in [0.15, 0.2) is 0 Å². The molecule has 0 bridgehead atoms. The minimum atomic E-state index is 0.0819. The fraction of sp³-hybridized carbons (Fsp3) is 0.600.